The Kier molecular flexibility index (Phi) is 6.81. The topological polar surface area (TPSA) is 79.1 Å². The van der Waals surface area contributed by atoms with Crippen LogP contribution in [0.1, 0.15) is 36.8 Å². The SMILES string of the molecule is COc1ccc(C(C)CC(=O)COc2cc(C(F)F)c3c(-c4ccccc4)nn(C)c3n2)cn1. The van der Waals surface area contributed by atoms with Gasteiger partial charge < -0.3 is 9.47 Å². The third-order valence-corrected chi connectivity index (χ3v) is 5.54. The molecule has 176 valence electrons. The van der Waals surface area contributed by atoms with E-state index in [9.17, 15) is 13.6 Å². The zero-order valence-corrected chi connectivity index (χ0v) is 19.0. The Morgan fingerprint density at radius 1 is 1.12 bits per heavy atom. The van der Waals surface area contributed by atoms with Crippen molar-refractivity contribution in [1.82, 2.24) is 19.7 Å². The van der Waals surface area contributed by atoms with E-state index < -0.39 is 6.43 Å². The van der Waals surface area contributed by atoms with Crippen LogP contribution in [0.25, 0.3) is 22.3 Å². The molecule has 0 aliphatic rings. The van der Waals surface area contributed by atoms with Crippen molar-refractivity contribution in [1.29, 1.82) is 0 Å². The van der Waals surface area contributed by atoms with Crippen LogP contribution in [0, 0.1) is 0 Å². The van der Waals surface area contributed by atoms with E-state index in [4.69, 9.17) is 9.47 Å². The summed E-state index contributed by atoms with van der Waals surface area (Å²) >= 11 is 0. The van der Waals surface area contributed by atoms with Gasteiger partial charge in [0.05, 0.1) is 12.5 Å². The molecule has 0 fully saturated rings. The minimum Gasteiger partial charge on any atom is -0.481 e. The van der Waals surface area contributed by atoms with Crippen LogP contribution in [-0.2, 0) is 11.8 Å². The molecule has 0 amide bonds. The molecular weight excluding hydrogens is 442 g/mol. The van der Waals surface area contributed by atoms with Crippen molar-refractivity contribution >= 4 is 16.8 Å². The number of fused-ring (bicyclic) bond motifs is 1. The number of hydrogen-bond donors (Lipinski definition) is 0. The van der Waals surface area contributed by atoms with E-state index in [1.54, 1.807) is 31.4 Å². The van der Waals surface area contributed by atoms with Gasteiger partial charge in [0.2, 0.25) is 11.8 Å². The number of carbonyl (C=O) groups is 1. The van der Waals surface area contributed by atoms with Gasteiger partial charge in [0.25, 0.3) is 6.43 Å². The maximum atomic E-state index is 14.0. The smallest absolute Gasteiger partial charge is 0.264 e. The predicted octanol–water partition coefficient (Wildman–Crippen LogP) is 5.12. The van der Waals surface area contributed by atoms with Gasteiger partial charge in [0.1, 0.15) is 12.3 Å². The summed E-state index contributed by atoms with van der Waals surface area (Å²) in [5.41, 5.74) is 2.04. The van der Waals surface area contributed by atoms with E-state index in [1.165, 1.54) is 17.9 Å². The van der Waals surface area contributed by atoms with Crippen LogP contribution < -0.4 is 9.47 Å². The van der Waals surface area contributed by atoms with Gasteiger partial charge in [-0.05, 0) is 11.5 Å². The van der Waals surface area contributed by atoms with Crippen molar-refractivity contribution in [3.05, 3.63) is 65.9 Å². The largest absolute Gasteiger partial charge is 0.481 e. The van der Waals surface area contributed by atoms with Gasteiger partial charge in [-0.1, -0.05) is 43.3 Å². The normalized spacial score (nSPS) is 12.2. The quantitative estimate of drug-likeness (QED) is 0.341. The number of alkyl halides is 2. The lowest BCUT2D eigenvalue weighted by atomic mass is 9.97. The number of pyridine rings is 2. The first-order valence-corrected chi connectivity index (χ1v) is 10.7. The number of ether oxygens (including phenoxy) is 2. The number of aryl methyl sites for hydroxylation is 1. The zero-order chi connectivity index (χ0) is 24.2. The maximum absolute atomic E-state index is 14.0. The van der Waals surface area contributed by atoms with Gasteiger partial charge in [0.15, 0.2) is 11.4 Å². The van der Waals surface area contributed by atoms with Gasteiger partial charge >= 0.3 is 0 Å². The lowest BCUT2D eigenvalue weighted by Crippen LogP contribution is -2.15. The zero-order valence-electron chi connectivity index (χ0n) is 19.0. The van der Waals surface area contributed by atoms with Gasteiger partial charge in [-0.2, -0.15) is 10.1 Å². The van der Waals surface area contributed by atoms with Gasteiger partial charge in [-0.15, -0.1) is 0 Å². The fourth-order valence-corrected chi connectivity index (χ4v) is 3.77. The second kappa shape index (κ2) is 9.94. The molecule has 1 unspecified atom stereocenters. The lowest BCUT2D eigenvalue weighted by molar-refractivity contribution is -0.121. The number of rotatable bonds is 9. The number of hydrogen-bond acceptors (Lipinski definition) is 6. The molecule has 0 saturated heterocycles. The summed E-state index contributed by atoms with van der Waals surface area (Å²) in [7, 11) is 3.17. The Balaban J connectivity index is 1.53. The Labute approximate surface area is 195 Å². The van der Waals surface area contributed by atoms with Gasteiger partial charge in [-0.25, -0.2) is 18.4 Å². The average Bonchev–Trinajstić information content (AvgIpc) is 3.19. The Morgan fingerprint density at radius 3 is 2.53 bits per heavy atom. The van der Waals surface area contributed by atoms with E-state index in [0.29, 0.717) is 17.1 Å². The van der Waals surface area contributed by atoms with Crippen LogP contribution in [0.15, 0.2) is 54.7 Å². The number of Topliss-reactive ketones (excluding diaryl/α,β-unsaturated/α-hetero) is 1. The van der Waals surface area contributed by atoms with Crippen LogP contribution in [-0.4, -0.2) is 39.2 Å². The molecule has 0 aliphatic carbocycles. The minimum absolute atomic E-state index is 0.0440. The molecule has 9 heteroatoms. The second-order valence-electron chi connectivity index (χ2n) is 7.95. The number of aromatic nitrogens is 4. The highest BCUT2D eigenvalue weighted by atomic mass is 19.3. The van der Waals surface area contributed by atoms with Crippen molar-refractivity contribution < 1.29 is 23.0 Å². The third-order valence-electron chi connectivity index (χ3n) is 5.54. The summed E-state index contributed by atoms with van der Waals surface area (Å²) in [5, 5.41) is 4.67. The molecule has 34 heavy (non-hydrogen) atoms. The number of nitrogens with zero attached hydrogens (tertiary/aromatic N) is 4. The van der Waals surface area contributed by atoms with Crippen molar-refractivity contribution in [2.45, 2.75) is 25.7 Å². The fraction of sp³-hybridized carbons (Fsp3) is 0.280. The lowest BCUT2D eigenvalue weighted by Gasteiger charge is -2.12. The Morgan fingerprint density at radius 2 is 1.88 bits per heavy atom. The van der Waals surface area contributed by atoms with Crippen molar-refractivity contribution in [3.63, 3.8) is 0 Å². The standard InChI is InChI=1S/C25H24F2N4O3/c1-15(17-9-10-20(33-3)28-13-17)11-18(32)14-34-21-12-19(24(26)27)22-23(16-7-5-4-6-8-16)30-31(2)25(22)29-21/h4-10,12-13,15,24H,11,14H2,1-3H3. The van der Waals surface area contributed by atoms with Crippen LogP contribution in [0.3, 0.4) is 0 Å². The van der Waals surface area contributed by atoms with Crippen LogP contribution in [0.5, 0.6) is 11.8 Å². The minimum atomic E-state index is -2.77. The number of ketones is 1. The molecule has 0 aliphatic heterocycles. The summed E-state index contributed by atoms with van der Waals surface area (Å²) in [6, 6.07) is 13.9. The molecule has 4 aromatic rings. The first kappa shape index (κ1) is 23.3. The summed E-state index contributed by atoms with van der Waals surface area (Å²) in [4.78, 5) is 21.0. The molecule has 0 bridgehead atoms. The first-order valence-electron chi connectivity index (χ1n) is 10.7. The highest BCUT2D eigenvalue weighted by Crippen LogP contribution is 2.36. The van der Waals surface area contributed by atoms with Crippen LogP contribution in [0.4, 0.5) is 8.78 Å². The Hall–Kier alpha value is -3.88. The highest BCUT2D eigenvalue weighted by molar-refractivity contribution is 5.94. The monoisotopic (exact) mass is 466 g/mol. The van der Waals surface area contributed by atoms with Gasteiger partial charge in [-0.3, -0.25) is 4.79 Å². The molecule has 1 aromatic carbocycles. The van der Waals surface area contributed by atoms with E-state index in [2.05, 4.69) is 15.1 Å². The first-order chi connectivity index (χ1) is 16.4. The molecule has 0 radical (unpaired) electrons. The van der Waals surface area contributed by atoms with E-state index >= 15 is 0 Å². The van der Waals surface area contributed by atoms with Crippen molar-refractivity contribution in [3.8, 4) is 23.0 Å². The summed E-state index contributed by atoms with van der Waals surface area (Å²) in [6.45, 7) is 1.62. The second-order valence-corrected chi connectivity index (χ2v) is 7.95. The summed E-state index contributed by atoms with van der Waals surface area (Å²) in [6.07, 6.45) is -0.894. The number of benzene rings is 1. The molecule has 3 heterocycles. The van der Waals surface area contributed by atoms with Crippen molar-refractivity contribution in [2.75, 3.05) is 13.7 Å². The maximum Gasteiger partial charge on any atom is 0.264 e. The fourth-order valence-electron chi connectivity index (χ4n) is 3.77. The summed E-state index contributed by atoms with van der Waals surface area (Å²) < 4.78 is 40.0. The average molecular weight is 466 g/mol. The summed E-state index contributed by atoms with van der Waals surface area (Å²) in [5.74, 6) is 0.177. The molecular formula is C25H24F2N4O3. The third kappa shape index (κ3) is 4.88. The van der Waals surface area contributed by atoms with Crippen molar-refractivity contribution in [2.24, 2.45) is 7.05 Å². The van der Waals surface area contributed by atoms with Crippen LogP contribution >= 0.6 is 0 Å². The molecule has 7 nitrogen and oxygen atoms in total. The predicted molar refractivity (Wildman–Crippen MR) is 123 cm³/mol. The van der Waals surface area contributed by atoms with E-state index in [1.807, 2.05) is 31.2 Å². The highest BCUT2D eigenvalue weighted by Gasteiger charge is 2.23. The van der Waals surface area contributed by atoms with Crippen LogP contribution in [0.2, 0.25) is 0 Å². The Bertz CT molecular complexity index is 1290. The molecule has 0 spiro atoms. The number of halogens is 2. The van der Waals surface area contributed by atoms with E-state index in [-0.39, 0.29) is 47.2 Å². The van der Waals surface area contributed by atoms with E-state index in [0.717, 1.165) is 5.56 Å². The van der Waals surface area contributed by atoms with Gasteiger partial charge in [0, 0.05) is 42.9 Å². The molecule has 0 saturated carbocycles. The molecule has 0 N–H and O–H groups in total. The molecule has 1 atom stereocenters. The molecule has 3 aromatic heterocycles. The molecule has 4 rings (SSSR count). The number of carbonyl (C=O) groups excluding carboxylic acids is 1. The number of methoxy groups -OCH3 is 1.